The molecule has 3 unspecified atom stereocenters. The predicted octanol–water partition coefficient (Wildman–Crippen LogP) is 4.36. The van der Waals surface area contributed by atoms with E-state index in [0.717, 1.165) is 26.4 Å². The molecule has 0 radical (unpaired) electrons. The molecule has 2 fully saturated rings. The van der Waals surface area contributed by atoms with E-state index in [4.69, 9.17) is 23.2 Å². The fourth-order valence-corrected chi connectivity index (χ4v) is 4.79. The van der Waals surface area contributed by atoms with Gasteiger partial charge in [0, 0.05) is 11.6 Å². The van der Waals surface area contributed by atoms with Crippen molar-refractivity contribution in [3.8, 4) is 0 Å². The predicted molar refractivity (Wildman–Crippen MR) is 70.5 cm³/mol. The summed E-state index contributed by atoms with van der Waals surface area (Å²) in [5, 5.41) is 3.42. The second-order valence-electron chi connectivity index (χ2n) is 5.03. The molecule has 4 heteroatoms. The molecule has 0 amide bonds. The topological polar surface area (TPSA) is 12.0 Å². The highest BCUT2D eigenvalue weighted by molar-refractivity contribution is 7.20. The smallest absolute Gasteiger partial charge is 0.0992 e. The van der Waals surface area contributed by atoms with Gasteiger partial charge in [-0.05, 0) is 50.1 Å². The fourth-order valence-electron chi connectivity index (χ4n) is 3.24. The van der Waals surface area contributed by atoms with Crippen LogP contribution in [0.4, 0.5) is 0 Å². The zero-order valence-corrected chi connectivity index (χ0v) is 11.5. The van der Waals surface area contributed by atoms with Crippen molar-refractivity contribution in [3.05, 3.63) is 20.3 Å². The van der Waals surface area contributed by atoms with Gasteiger partial charge in [0.1, 0.15) is 0 Å². The average molecular weight is 276 g/mol. The molecule has 3 atom stereocenters. The second kappa shape index (κ2) is 4.16. The zero-order chi connectivity index (χ0) is 11.3. The molecule has 88 valence electrons. The van der Waals surface area contributed by atoms with Crippen LogP contribution in [-0.4, -0.2) is 7.05 Å². The Balaban J connectivity index is 1.82. The SMILES string of the molecule is CNC(c1cc(Cl)sc1Cl)C1CC2CC2C1. The van der Waals surface area contributed by atoms with Gasteiger partial charge in [-0.1, -0.05) is 23.2 Å². The number of thiophene rings is 1. The van der Waals surface area contributed by atoms with E-state index in [1.807, 2.05) is 13.1 Å². The van der Waals surface area contributed by atoms with Gasteiger partial charge in [0.15, 0.2) is 0 Å². The molecule has 0 aromatic carbocycles. The third-order valence-corrected chi connectivity index (χ3v) is 5.60. The quantitative estimate of drug-likeness (QED) is 0.864. The maximum absolute atomic E-state index is 6.24. The summed E-state index contributed by atoms with van der Waals surface area (Å²) in [6.07, 6.45) is 4.19. The molecule has 1 aromatic rings. The minimum absolute atomic E-state index is 0.393. The lowest BCUT2D eigenvalue weighted by Crippen LogP contribution is -2.24. The van der Waals surface area contributed by atoms with Gasteiger partial charge in [-0.2, -0.15) is 0 Å². The van der Waals surface area contributed by atoms with Crippen molar-refractivity contribution in [2.24, 2.45) is 17.8 Å². The standard InChI is InChI=1S/C12H15Cl2NS/c1-15-11(8-3-6-2-7(6)4-8)9-5-10(13)16-12(9)14/h5-8,11,15H,2-4H2,1H3. The fraction of sp³-hybridized carbons (Fsp3) is 0.667. The minimum atomic E-state index is 0.393. The van der Waals surface area contributed by atoms with Crippen LogP contribution >= 0.6 is 34.5 Å². The Bertz CT molecular complexity index is 394. The van der Waals surface area contributed by atoms with Crippen LogP contribution in [0, 0.1) is 17.8 Å². The highest BCUT2D eigenvalue weighted by Gasteiger charge is 2.48. The molecule has 2 aliphatic rings. The summed E-state index contributed by atoms with van der Waals surface area (Å²) in [7, 11) is 2.02. The summed E-state index contributed by atoms with van der Waals surface area (Å²) >= 11 is 13.7. The molecule has 3 rings (SSSR count). The van der Waals surface area contributed by atoms with Crippen molar-refractivity contribution in [2.45, 2.75) is 25.3 Å². The van der Waals surface area contributed by atoms with E-state index in [1.165, 1.54) is 36.2 Å². The van der Waals surface area contributed by atoms with Crippen molar-refractivity contribution in [2.75, 3.05) is 7.05 Å². The Kier molecular flexibility index (Phi) is 2.95. The molecule has 2 aliphatic carbocycles. The lowest BCUT2D eigenvalue weighted by Gasteiger charge is -2.24. The largest absolute Gasteiger partial charge is 0.313 e. The number of hydrogen-bond acceptors (Lipinski definition) is 2. The van der Waals surface area contributed by atoms with E-state index < -0.39 is 0 Å². The van der Waals surface area contributed by atoms with E-state index in [1.54, 1.807) is 0 Å². The van der Waals surface area contributed by atoms with Gasteiger partial charge in [0.05, 0.1) is 8.67 Å². The third kappa shape index (κ3) is 1.90. The number of nitrogens with one attached hydrogen (secondary N) is 1. The van der Waals surface area contributed by atoms with E-state index in [-0.39, 0.29) is 0 Å². The van der Waals surface area contributed by atoms with Crippen molar-refractivity contribution in [1.29, 1.82) is 0 Å². The Morgan fingerprint density at radius 3 is 2.50 bits per heavy atom. The Morgan fingerprint density at radius 1 is 1.31 bits per heavy atom. The van der Waals surface area contributed by atoms with Crippen LogP contribution in [0.2, 0.25) is 8.67 Å². The first-order valence-corrected chi connectivity index (χ1v) is 7.38. The van der Waals surface area contributed by atoms with Crippen LogP contribution in [0.3, 0.4) is 0 Å². The monoisotopic (exact) mass is 275 g/mol. The van der Waals surface area contributed by atoms with Crippen LogP contribution < -0.4 is 5.32 Å². The van der Waals surface area contributed by atoms with Crippen LogP contribution in [-0.2, 0) is 0 Å². The summed E-state index contributed by atoms with van der Waals surface area (Å²) in [4.78, 5) is 0. The van der Waals surface area contributed by atoms with E-state index >= 15 is 0 Å². The number of fused-ring (bicyclic) bond motifs is 1. The molecule has 0 aliphatic heterocycles. The Hall–Kier alpha value is 0.240. The lowest BCUT2D eigenvalue weighted by atomic mass is 9.90. The number of halogens is 2. The molecule has 1 nitrogen and oxygen atoms in total. The average Bonchev–Trinajstić information content (AvgIpc) is 2.70. The summed E-state index contributed by atoms with van der Waals surface area (Å²) in [5.74, 6) is 2.76. The molecule has 16 heavy (non-hydrogen) atoms. The van der Waals surface area contributed by atoms with Gasteiger partial charge in [-0.15, -0.1) is 11.3 Å². The summed E-state index contributed by atoms with van der Waals surface area (Å²) in [5.41, 5.74) is 1.20. The summed E-state index contributed by atoms with van der Waals surface area (Å²) < 4.78 is 1.65. The van der Waals surface area contributed by atoms with Crippen LogP contribution in [0.5, 0.6) is 0 Å². The maximum atomic E-state index is 6.24. The first-order valence-electron chi connectivity index (χ1n) is 5.81. The normalized spacial score (nSPS) is 33.8. The molecule has 2 saturated carbocycles. The van der Waals surface area contributed by atoms with Gasteiger partial charge in [0.25, 0.3) is 0 Å². The molecule has 1 aromatic heterocycles. The van der Waals surface area contributed by atoms with Crippen molar-refractivity contribution < 1.29 is 0 Å². The van der Waals surface area contributed by atoms with Gasteiger partial charge in [-0.3, -0.25) is 0 Å². The molecule has 1 N–H and O–H groups in total. The number of rotatable bonds is 3. The van der Waals surface area contributed by atoms with Crippen LogP contribution in [0.25, 0.3) is 0 Å². The van der Waals surface area contributed by atoms with Crippen molar-refractivity contribution >= 4 is 34.5 Å². The van der Waals surface area contributed by atoms with Crippen LogP contribution in [0.15, 0.2) is 6.07 Å². The maximum Gasteiger partial charge on any atom is 0.0992 e. The third-order valence-electron chi connectivity index (χ3n) is 4.08. The highest BCUT2D eigenvalue weighted by atomic mass is 35.5. The molecular weight excluding hydrogens is 261 g/mol. The summed E-state index contributed by atoms with van der Waals surface area (Å²) in [6, 6.07) is 2.42. The Labute approximate surface area is 110 Å². The first-order chi connectivity index (χ1) is 7.69. The lowest BCUT2D eigenvalue weighted by molar-refractivity contribution is 0.360. The Morgan fingerprint density at radius 2 is 2.00 bits per heavy atom. The van der Waals surface area contributed by atoms with Gasteiger partial charge >= 0.3 is 0 Å². The van der Waals surface area contributed by atoms with Gasteiger partial charge in [0.2, 0.25) is 0 Å². The first kappa shape index (κ1) is 11.3. The minimum Gasteiger partial charge on any atom is -0.313 e. The number of hydrogen-bond donors (Lipinski definition) is 1. The molecule has 0 bridgehead atoms. The van der Waals surface area contributed by atoms with Crippen molar-refractivity contribution in [3.63, 3.8) is 0 Å². The summed E-state index contributed by atoms with van der Waals surface area (Å²) in [6.45, 7) is 0. The molecule has 1 heterocycles. The van der Waals surface area contributed by atoms with E-state index in [2.05, 4.69) is 5.32 Å². The highest BCUT2D eigenvalue weighted by Crippen LogP contribution is 2.57. The van der Waals surface area contributed by atoms with Crippen molar-refractivity contribution in [1.82, 2.24) is 5.32 Å². The van der Waals surface area contributed by atoms with Gasteiger partial charge < -0.3 is 5.32 Å². The molecule has 0 saturated heterocycles. The second-order valence-corrected chi connectivity index (χ2v) is 7.32. The zero-order valence-electron chi connectivity index (χ0n) is 9.17. The van der Waals surface area contributed by atoms with Crippen LogP contribution in [0.1, 0.15) is 30.9 Å². The van der Waals surface area contributed by atoms with E-state index in [9.17, 15) is 0 Å². The molecular formula is C12H15Cl2NS. The van der Waals surface area contributed by atoms with Gasteiger partial charge in [-0.25, -0.2) is 0 Å². The molecule has 0 spiro atoms. The van der Waals surface area contributed by atoms with E-state index in [0.29, 0.717) is 6.04 Å².